The molecule has 0 spiro atoms. The second-order valence-corrected chi connectivity index (χ2v) is 6.49. The predicted octanol–water partition coefficient (Wildman–Crippen LogP) is 0.923. The van der Waals surface area contributed by atoms with Crippen LogP contribution < -0.4 is 10.2 Å². The van der Waals surface area contributed by atoms with E-state index < -0.39 is 0 Å². The molecule has 2 atom stereocenters. The van der Waals surface area contributed by atoms with Crippen LogP contribution in [0.3, 0.4) is 0 Å². The Bertz CT molecular complexity index is 460. The van der Waals surface area contributed by atoms with Gasteiger partial charge in [-0.25, -0.2) is 9.97 Å². The van der Waals surface area contributed by atoms with Gasteiger partial charge in [-0.15, -0.1) is 0 Å². The van der Waals surface area contributed by atoms with E-state index in [-0.39, 0.29) is 24.5 Å². The number of aromatic nitrogens is 2. The molecule has 0 radical (unpaired) electrons. The largest absolute Gasteiger partial charge is 0.394 e. The van der Waals surface area contributed by atoms with Crippen molar-refractivity contribution in [2.75, 3.05) is 36.6 Å². The smallest absolute Gasteiger partial charge is 0.225 e. The summed E-state index contributed by atoms with van der Waals surface area (Å²) in [5, 5.41) is 12.3. The lowest BCUT2D eigenvalue weighted by molar-refractivity contribution is -0.126. The zero-order valence-electron chi connectivity index (χ0n) is 12.9. The summed E-state index contributed by atoms with van der Waals surface area (Å²) < 4.78 is 0. The lowest BCUT2D eigenvalue weighted by atomic mass is 9.97. The summed E-state index contributed by atoms with van der Waals surface area (Å²) in [7, 11) is 0. The van der Waals surface area contributed by atoms with Crippen LogP contribution in [0.2, 0.25) is 0 Å². The number of hydrogen-bond acceptors (Lipinski definition) is 6. The minimum absolute atomic E-state index is 0.00939. The van der Waals surface area contributed by atoms with Gasteiger partial charge < -0.3 is 15.3 Å². The van der Waals surface area contributed by atoms with Gasteiger partial charge in [-0.05, 0) is 37.3 Å². The number of thioether (sulfide) groups is 1. The van der Waals surface area contributed by atoms with Crippen LogP contribution in [0.1, 0.15) is 19.3 Å². The third-order valence-corrected chi connectivity index (χ3v) is 4.51. The number of piperidine rings is 1. The molecule has 1 aromatic heterocycles. The number of rotatable bonds is 7. The van der Waals surface area contributed by atoms with Gasteiger partial charge in [0.15, 0.2) is 0 Å². The van der Waals surface area contributed by atoms with Gasteiger partial charge in [-0.3, -0.25) is 4.79 Å². The van der Waals surface area contributed by atoms with Crippen LogP contribution in [0, 0.1) is 5.92 Å². The van der Waals surface area contributed by atoms with Crippen LogP contribution in [0.5, 0.6) is 0 Å². The first kappa shape index (κ1) is 17.0. The summed E-state index contributed by atoms with van der Waals surface area (Å²) in [5.74, 6) is 1.57. The van der Waals surface area contributed by atoms with E-state index in [9.17, 15) is 9.90 Å². The third kappa shape index (κ3) is 4.84. The van der Waals surface area contributed by atoms with Crippen molar-refractivity contribution >= 4 is 23.6 Å². The molecular formula is C15H24N4O2S. The number of hydrogen-bond donors (Lipinski definition) is 2. The molecule has 1 amide bonds. The van der Waals surface area contributed by atoms with Gasteiger partial charge in [0.05, 0.1) is 18.6 Å². The van der Waals surface area contributed by atoms with E-state index in [1.165, 1.54) is 0 Å². The lowest BCUT2D eigenvalue weighted by Gasteiger charge is -2.32. The predicted molar refractivity (Wildman–Crippen MR) is 89.0 cm³/mol. The van der Waals surface area contributed by atoms with Crippen LogP contribution in [-0.4, -0.2) is 58.7 Å². The van der Waals surface area contributed by atoms with Crippen LogP contribution >= 0.6 is 11.8 Å². The molecular weight excluding hydrogens is 300 g/mol. The van der Waals surface area contributed by atoms with Crippen molar-refractivity contribution in [3.05, 3.63) is 18.5 Å². The third-order valence-electron chi connectivity index (χ3n) is 3.86. The summed E-state index contributed by atoms with van der Waals surface area (Å²) in [6.45, 7) is 1.50. The Kier molecular flexibility index (Phi) is 6.92. The topological polar surface area (TPSA) is 78.4 Å². The van der Waals surface area contributed by atoms with E-state index in [2.05, 4.69) is 20.2 Å². The second-order valence-electron chi connectivity index (χ2n) is 5.50. The maximum atomic E-state index is 12.4. The number of anilines is 1. The SMILES string of the molecule is CSCC[C@@H](CO)NC(=O)C1CCCN(c2ncccn2)C1. The number of amides is 1. The standard InChI is InChI=1S/C15H24N4O2S/c1-22-9-5-13(11-20)18-14(21)12-4-2-8-19(10-12)15-16-6-3-7-17-15/h3,6-7,12-13,20H,2,4-5,8-11H2,1H3,(H,18,21)/t12?,13-/m0/s1. The molecule has 2 N–H and O–H groups in total. The fourth-order valence-electron chi connectivity index (χ4n) is 2.62. The van der Waals surface area contributed by atoms with Gasteiger partial charge in [-0.2, -0.15) is 11.8 Å². The molecule has 6 nitrogen and oxygen atoms in total. The first-order valence-corrected chi connectivity index (χ1v) is 9.06. The van der Waals surface area contributed by atoms with Gasteiger partial charge in [-0.1, -0.05) is 0 Å². The highest BCUT2D eigenvalue weighted by Gasteiger charge is 2.28. The minimum Gasteiger partial charge on any atom is -0.394 e. The molecule has 0 aromatic carbocycles. The van der Waals surface area contributed by atoms with E-state index in [1.54, 1.807) is 30.2 Å². The summed E-state index contributed by atoms with van der Waals surface area (Å²) in [6, 6.07) is 1.64. The summed E-state index contributed by atoms with van der Waals surface area (Å²) in [6.07, 6.45) is 8.07. The zero-order valence-corrected chi connectivity index (χ0v) is 13.8. The van der Waals surface area contributed by atoms with Gasteiger partial charge in [0.1, 0.15) is 0 Å². The van der Waals surface area contributed by atoms with E-state index in [0.717, 1.165) is 31.6 Å². The number of aliphatic hydroxyl groups excluding tert-OH is 1. The average Bonchev–Trinajstić information content (AvgIpc) is 2.59. The molecule has 1 aromatic rings. The molecule has 1 fully saturated rings. The van der Waals surface area contributed by atoms with Crippen molar-refractivity contribution < 1.29 is 9.90 Å². The normalized spacial score (nSPS) is 19.7. The van der Waals surface area contributed by atoms with Crippen LogP contribution in [0.15, 0.2) is 18.5 Å². The second kappa shape index (κ2) is 8.95. The molecule has 22 heavy (non-hydrogen) atoms. The van der Waals surface area contributed by atoms with Gasteiger partial charge in [0.25, 0.3) is 0 Å². The molecule has 0 aliphatic carbocycles. The Labute approximate surface area is 135 Å². The van der Waals surface area contributed by atoms with E-state index in [4.69, 9.17) is 0 Å². The number of carbonyl (C=O) groups excluding carboxylic acids is 1. The van der Waals surface area contributed by atoms with E-state index in [0.29, 0.717) is 12.5 Å². The zero-order chi connectivity index (χ0) is 15.8. The highest BCUT2D eigenvalue weighted by atomic mass is 32.2. The molecule has 1 unspecified atom stereocenters. The molecule has 1 aliphatic heterocycles. The molecule has 0 saturated carbocycles. The number of carbonyl (C=O) groups is 1. The number of nitrogens with one attached hydrogen (secondary N) is 1. The number of nitrogens with zero attached hydrogens (tertiary/aromatic N) is 3. The first-order valence-electron chi connectivity index (χ1n) is 7.66. The molecule has 2 heterocycles. The Hall–Kier alpha value is -1.34. The van der Waals surface area contributed by atoms with Crippen molar-refractivity contribution in [2.24, 2.45) is 5.92 Å². The molecule has 7 heteroatoms. The Morgan fingerprint density at radius 2 is 2.32 bits per heavy atom. The maximum absolute atomic E-state index is 12.4. The lowest BCUT2D eigenvalue weighted by Crippen LogP contribution is -2.47. The van der Waals surface area contributed by atoms with Crippen molar-refractivity contribution in [3.63, 3.8) is 0 Å². The molecule has 1 aliphatic rings. The Morgan fingerprint density at radius 1 is 1.55 bits per heavy atom. The van der Waals surface area contributed by atoms with Gasteiger partial charge in [0.2, 0.25) is 11.9 Å². The van der Waals surface area contributed by atoms with Crippen molar-refractivity contribution in [1.82, 2.24) is 15.3 Å². The van der Waals surface area contributed by atoms with Crippen molar-refractivity contribution in [3.8, 4) is 0 Å². The van der Waals surface area contributed by atoms with Crippen molar-refractivity contribution in [1.29, 1.82) is 0 Å². The first-order chi connectivity index (χ1) is 10.7. The van der Waals surface area contributed by atoms with Gasteiger partial charge >= 0.3 is 0 Å². The summed E-state index contributed by atoms with van der Waals surface area (Å²) >= 11 is 1.72. The van der Waals surface area contributed by atoms with Crippen molar-refractivity contribution in [2.45, 2.75) is 25.3 Å². The fraction of sp³-hybridized carbons (Fsp3) is 0.667. The molecule has 1 saturated heterocycles. The quantitative estimate of drug-likeness (QED) is 0.777. The summed E-state index contributed by atoms with van der Waals surface area (Å²) in [4.78, 5) is 23.0. The minimum atomic E-state index is -0.150. The average molecular weight is 324 g/mol. The highest BCUT2D eigenvalue weighted by Crippen LogP contribution is 2.20. The molecule has 122 valence electrons. The van der Waals surface area contributed by atoms with Gasteiger partial charge in [0, 0.05) is 25.5 Å². The Balaban J connectivity index is 1.89. The Morgan fingerprint density at radius 3 is 3.00 bits per heavy atom. The van der Waals surface area contributed by atoms with Crippen LogP contribution in [0.4, 0.5) is 5.95 Å². The molecule has 0 bridgehead atoms. The summed E-state index contributed by atoms with van der Waals surface area (Å²) in [5.41, 5.74) is 0. The highest BCUT2D eigenvalue weighted by molar-refractivity contribution is 7.98. The maximum Gasteiger partial charge on any atom is 0.225 e. The number of aliphatic hydroxyl groups is 1. The van der Waals surface area contributed by atoms with E-state index in [1.807, 2.05) is 6.26 Å². The van der Waals surface area contributed by atoms with E-state index >= 15 is 0 Å². The van der Waals surface area contributed by atoms with Crippen LogP contribution in [-0.2, 0) is 4.79 Å². The monoisotopic (exact) mass is 324 g/mol. The fourth-order valence-corrected chi connectivity index (χ4v) is 3.14. The van der Waals surface area contributed by atoms with Crippen LogP contribution in [0.25, 0.3) is 0 Å². The molecule has 2 rings (SSSR count).